The van der Waals surface area contributed by atoms with Gasteiger partial charge < -0.3 is 14.5 Å². The lowest BCUT2D eigenvalue weighted by molar-refractivity contribution is 0.0118. The zero-order valence-electron chi connectivity index (χ0n) is 14.3. The molecule has 1 atom stereocenters. The summed E-state index contributed by atoms with van der Waals surface area (Å²) in [6.07, 6.45) is 3.16. The van der Waals surface area contributed by atoms with Gasteiger partial charge in [-0.25, -0.2) is 4.98 Å². The van der Waals surface area contributed by atoms with Crippen LogP contribution in [0.5, 0.6) is 0 Å². The highest BCUT2D eigenvalue weighted by Gasteiger charge is 2.25. The predicted octanol–water partition coefficient (Wildman–Crippen LogP) is 2.03. The highest BCUT2D eigenvalue weighted by Crippen LogP contribution is 2.21. The molecule has 26 heavy (non-hydrogen) atoms. The smallest absolute Gasteiger partial charge is 0.271 e. The molecule has 1 aliphatic rings. The number of carbonyl (C=O) groups is 1. The minimum absolute atomic E-state index is 0.0359. The van der Waals surface area contributed by atoms with Gasteiger partial charge in [0.2, 0.25) is 0 Å². The number of furan rings is 1. The number of nitrogens with one attached hydrogen (secondary N) is 1. The van der Waals surface area contributed by atoms with Gasteiger partial charge >= 0.3 is 0 Å². The third kappa shape index (κ3) is 3.58. The fourth-order valence-corrected chi connectivity index (χ4v) is 3.13. The van der Waals surface area contributed by atoms with E-state index >= 15 is 0 Å². The summed E-state index contributed by atoms with van der Waals surface area (Å²) in [4.78, 5) is 23.5. The van der Waals surface area contributed by atoms with Crippen molar-refractivity contribution < 1.29 is 13.9 Å². The Hall–Kier alpha value is -2.77. The highest BCUT2D eigenvalue weighted by atomic mass is 16.5. The highest BCUT2D eigenvalue weighted by molar-refractivity contribution is 5.93. The van der Waals surface area contributed by atoms with Crippen LogP contribution >= 0.6 is 0 Å². The molecule has 0 unspecified atom stereocenters. The molecule has 1 aromatic carbocycles. The molecule has 0 radical (unpaired) electrons. The van der Waals surface area contributed by atoms with E-state index in [2.05, 4.69) is 20.2 Å². The van der Waals surface area contributed by atoms with Gasteiger partial charge in [0, 0.05) is 19.6 Å². The summed E-state index contributed by atoms with van der Waals surface area (Å²) in [6, 6.07) is 11.2. The van der Waals surface area contributed by atoms with E-state index in [4.69, 9.17) is 9.15 Å². The van der Waals surface area contributed by atoms with Crippen molar-refractivity contribution >= 4 is 16.9 Å². The van der Waals surface area contributed by atoms with Crippen molar-refractivity contribution in [2.75, 3.05) is 32.8 Å². The van der Waals surface area contributed by atoms with Crippen LogP contribution in [0.2, 0.25) is 0 Å². The normalized spacial score (nSPS) is 16.5. The van der Waals surface area contributed by atoms with Gasteiger partial charge in [-0.3, -0.25) is 14.7 Å². The van der Waals surface area contributed by atoms with Crippen molar-refractivity contribution in [2.45, 2.75) is 6.04 Å². The second-order valence-corrected chi connectivity index (χ2v) is 6.13. The van der Waals surface area contributed by atoms with E-state index in [1.807, 2.05) is 36.4 Å². The van der Waals surface area contributed by atoms with Gasteiger partial charge in [0.05, 0.1) is 42.7 Å². The minimum atomic E-state index is -0.243. The Labute approximate surface area is 151 Å². The number of carbonyl (C=O) groups excluding carboxylic acids is 1. The fourth-order valence-electron chi connectivity index (χ4n) is 3.13. The topological polar surface area (TPSA) is 80.5 Å². The van der Waals surface area contributed by atoms with Gasteiger partial charge in [-0.05, 0) is 24.3 Å². The summed E-state index contributed by atoms with van der Waals surface area (Å²) in [5, 5.41) is 2.97. The summed E-state index contributed by atoms with van der Waals surface area (Å²) < 4.78 is 11.0. The molecular weight excluding hydrogens is 332 g/mol. The molecule has 3 heterocycles. The summed E-state index contributed by atoms with van der Waals surface area (Å²) in [5.41, 5.74) is 1.78. The molecule has 3 aromatic rings. The zero-order chi connectivity index (χ0) is 17.8. The molecular formula is C19H20N4O3. The summed E-state index contributed by atoms with van der Waals surface area (Å²) in [5.74, 6) is 0.588. The Kier molecular flexibility index (Phi) is 4.90. The number of hydrogen-bond acceptors (Lipinski definition) is 6. The van der Waals surface area contributed by atoms with Gasteiger partial charge in [0.15, 0.2) is 0 Å². The van der Waals surface area contributed by atoms with Crippen molar-refractivity contribution in [3.05, 3.63) is 60.3 Å². The number of amides is 1. The molecule has 0 aliphatic carbocycles. The van der Waals surface area contributed by atoms with Gasteiger partial charge in [0.1, 0.15) is 11.5 Å². The van der Waals surface area contributed by atoms with Crippen LogP contribution in [0, 0.1) is 0 Å². The Morgan fingerprint density at radius 2 is 1.96 bits per heavy atom. The maximum Gasteiger partial charge on any atom is 0.271 e. The van der Waals surface area contributed by atoms with E-state index < -0.39 is 0 Å². The molecule has 0 bridgehead atoms. The molecule has 4 rings (SSSR count). The van der Waals surface area contributed by atoms with Gasteiger partial charge in [0.25, 0.3) is 5.91 Å². The molecule has 1 fully saturated rings. The summed E-state index contributed by atoms with van der Waals surface area (Å²) >= 11 is 0. The number of aromatic nitrogens is 2. The maximum absolute atomic E-state index is 12.6. The quantitative estimate of drug-likeness (QED) is 0.757. The van der Waals surface area contributed by atoms with Crippen LogP contribution in [-0.4, -0.2) is 53.6 Å². The Morgan fingerprint density at radius 1 is 1.15 bits per heavy atom. The second-order valence-electron chi connectivity index (χ2n) is 6.13. The molecule has 7 heteroatoms. The van der Waals surface area contributed by atoms with Gasteiger partial charge in [-0.1, -0.05) is 12.1 Å². The van der Waals surface area contributed by atoms with Crippen LogP contribution in [0.3, 0.4) is 0 Å². The van der Waals surface area contributed by atoms with Crippen molar-refractivity contribution in [1.29, 1.82) is 0 Å². The molecule has 1 N–H and O–H groups in total. The van der Waals surface area contributed by atoms with Crippen LogP contribution in [0.1, 0.15) is 22.3 Å². The van der Waals surface area contributed by atoms with Crippen LogP contribution in [0.15, 0.2) is 53.3 Å². The first-order valence-electron chi connectivity index (χ1n) is 8.66. The lowest BCUT2D eigenvalue weighted by atomic mass is 10.1. The van der Waals surface area contributed by atoms with E-state index in [0.717, 1.165) is 24.4 Å². The number of nitrogens with zero attached hydrogens (tertiary/aromatic N) is 3. The number of para-hydroxylation sites is 2. The van der Waals surface area contributed by atoms with Crippen LogP contribution in [-0.2, 0) is 4.74 Å². The van der Waals surface area contributed by atoms with Crippen LogP contribution in [0.4, 0.5) is 0 Å². The average molecular weight is 352 g/mol. The predicted molar refractivity (Wildman–Crippen MR) is 95.7 cm³/mol. The number of benzene rings is 1. The lowest BCUT2D eigenvalue weighted by Crippen LogP contribution is -2.43. The third-order valence-corrected chi connectivity index (χ3v) is 4.50. The van der Waals surface area contributed by atoms with Crippen LogP contribution in [0.25, 0.3) is 11.0 Å². The maximum atomic E-state index is 12.6. The van der Waals surface area contributed by atoms with E-state index in [-0.39, 0.29) is 11.9 Å². The van der Waals surface area contributed by atoms with Gasteiger partial charge in [-0.15, -0.1) is 0 Å². The first-order valence-corrected chi connectivity index (χ1v) is 8.66. The molecule has 1 aliphatic heterocycles. The van der Waals surface area contributed by atoms with E-state index in [1.165, 1.54) is 6.20 Å². The van der Waals surface area contributed by atoms with Crippen molar-refractivity contribution in [3.63, 3.8) is 0 Å². The number of fused-ring (bicyclic) bond motifs is 1. The van der Waals surface area contributed by atoms with E-state index in [9.17, 15) is 4.79 Å². The molecule has 1 amide bonds. The Bertz CT molecular complexity index is 875. The molecule has 134 valence electrons. The zero-order valence-corrected chi connectivity index (χ0v) is 14.3. The van der Waals surface area contributed by atoms with E-state index in [1.54, 1.807) is 6.26 Å². The third-order valence-electron chi connectivity index (χ3n) is 4.50. The lowest BCUT2D eigenvalue weighted by Gasteiger charge is -2.33. The number of morpholine rings is 1. The SMILES string of the molecule is O=C(NC[C@@H](c1ccco1)N1CCOCC1)c1cnc2ccccc2n1. The van der Waals surface area contributed by atoms with Crippen molar-refractivity contribution in [2.24, 2.45) is 0 Å². The largest absolute Gasteiger partial charge is 0.468 e. The second kappa shape index (κ2) is 7.63. The number of hydrogen-bond donors (Lipinski definition) is 1. The van der Waals surface area contributed by atoms with Gasteiger partial charge in [-0.2, -0.15) is 0 Å². The molecule has 2 aromatic heterocycles. The average Bonchev–Trinajstić information content (AvgIpc) is 3.23. The van der Waals surface area contributed by atoms with Crippen LogP contribution < -0.4 is 5.32 Å². The molecule has 0 saturated carbocycles. The fraction of sp³-hybridized carbons (Fsp3) is 0.316. The summed E-state index contributed by atoms with van der Waals surface area (Å²) in [6.45, 7) is 3.40. The van der Waals surface area contributed by atoms with Crippen molar-refractivity contribution in [3.8, 4) is 0 Å². The van der Waals surface area contributed by atoms with E-state index in [0.29, 0.717) is 31.0 Å². The monoisotopic (exact) mass is 352 g/mol. The molecule has 7 nitrogen and oxygen atoms in total. The van der Waals surface area contributed by atoms with Crippen molar-refractivity contribution in [1.82, 2.24) is 20.2 Å². The minimum Gasteiger partial charge on any atom is -0.468 e. The Morgan fingerprint density at radius 3 is 2.73 bits per heavy atom. The first kappa shape index (κ1) is 16.7. The molecule has 0 spiro atoms. The summed E-state index contributed by atoms with van der Waals surface area (Å²) in [7, 11) is 0. The number of rotatable bonds is 5. The standard InChI is InChI=1S/C19H20N4O3/c24-19(16-12-20-14-4-1-2-5-15(14)22-16)21-13-17(18-6-3-9-26-18)23-7-10-25-11-8-23/h1-6,9,12,17H,7-8,10-11,13H2,(H,21,24)/t17-/m0/s1. The Balaban J connectivity index is 1.48. The first-order chi connectivity index (χ1) is 12.8. The number of ether oxygens (including phenoxy) is 1. The molecule has 1 saturated heterocycles.